The van der Waals surface area contributed by atoms with Crippen molar-refractivity contribution in [1.29, 1.82) is 0 Å². The van der Waals surface area contributed by atoms with Gasteiger partial charge in [0, 0.05) is 64.8 Å². The lowest BCUT2D eigenvalue weighted by atomic mass is 10.0. The highest BCUT2D eigenvalue weighted by Gasteiger charge is 2.34. The number of benzene rings is 2. The first-order chi connectivity index (χ1) is 22.4. The molecular weight excluding hydrogens is 584 g/mol. The van der Waals surface area contributed by atoms with Gasteiger partial charge in [0.1, 0.15) is 11.4 Å². The number of imidazole rings is 1. The Kier molecular flexibility index (Phi) is 9.87. The molecule has 11 nitrogen and oxygen atoms in total. The van der Waals surface area contributed by atoms with Crippen molar-refractivity contribution in [1.82, 2.24) is 29.2 Å². The molecule has 11 heteroatoms. The monoisotopic (exact) mass is 628 g/mol. The molecule has 3 fully saturated rings. The van der Waals surface area contributed by atoms with Gasteiger partial charge in [0.2, 0.25) is 5.91 Å². The summed E-state index contributed by atoms with van der Waals surface area (Å²) in [5.74, 6) is 0.306. The molecule has 4 heterocycles. The molecular formula is C35H44N6O5. The zero-order valence-electron chi connectivity index (χ0n) is 26.7. The largest absolute Gasteiger partial charge is 0.484 e. The molecule has 46 heavy (non-hydrogen) atoms. The number of nitrogens with zero attached hydrogens (tertiary/aromatic N) is 5. The van der Waals surface area contributed by atoms with E-state index in [9.17, 15) is 19.2 Å². The number of piperazine rings is 1. The Morgan fingerprint density at radius 1 is 0.848 bits per heavy atom. The van der Waals surface area contributed by atoms with Crippen LogP contribution < -0.4 is 15.7 Å². The lowest BCUT2D eigenvalue weighted by Crippen LogP contribution is -2.47. The number of amides is 3. The second-order valence-corrected chi connectivity index (χ2v) is 12.5. The van der Waals surface area contributed by atoms with Crippen molar-refractivity contribution in [3.63, 3.8) is 0 Å². The summed E-state index contributed by atoms with van der Waals surface area (Å²) in [5, 5.41) is 3.31. The summed E-state index contributed by atoms with van der Waals surface area (Å²) in [7, 11) is 0. The van der Waals surface area contributed by atoms with E-state index in [1.165, 1.54) is 0 Å². The van der Waals surface area contributed by atoms with E-state index >= 15 is 0 Å². The van der Waals surface area contributed by atoms with Gasteiger partial charge in [-0.3, -0.25) is 23.5 Å². The van der Waals surface area contributed by atoms with Crippen LogP contribution in [0.1, 0.15) is 61.1 Å². The van der Waals surface area contributed by atoms with Crippen molar-refractivity contribution in [3.8, 4) is 17.0 Å². The molecule has 0 spiro atoms. The number of hydrogen-bond donors (Lipinski definition) is 1. The first-order valence-corrected chi connectivity index (χ1v) is 16.6. The van der Waals surface area contributed by atoms with Gasteiger partial charge in [0.15, 0.2) is 6.61 Å². The van der Waals surface area contributed by atoms with E-state index in [0.29, 0.717) is 56.4 Å². The third-order valence-corrected chi connectivity index (χ3v) is 9.34. The van der Waals surface area contributed by atoms with E-state index < -0.39 is 0 Å². The normalized spacial score (nSPS) is 18.8. The van der Waals surface area contributed by atoms with Gasteiger partial charge in [-0.1, -0.05) is 42.5 Å². The molecule has 1 aromatic heterocycles. The predicted octanol–water partition coefficient (Wildman–Crippen LogP) is 2.99. The van der Waals surface area contributed by atoms with Crippen LogP contribution in [0.3, 0.4) is 0 Å². The molecule has 2 aromatic carbocycles. The van der Waals surface area contributed by atoms with Gasteiger partial charge in [-0.15, -0.1) is 0 Å². The fourth-order valence-corrected chi connectivity index (χ4v) is 6.90. The molecule has 1 atom stereocenters. The summed E-state index contributed by atoms with van der Waals surface area (Å²) in [6.45, 7) is 6.72. The quantitative estimate of drug-likeness (QED) is 0.411. The molecule has 0 saturated carbocycles. The van der Waals surface area contributed by atoms with E-state index in [0.717, 1.165) is 56.3 Å². The minimum Gasteiger partial charge on any atom is -0.484 e. The molecule has 3 aromatic rings. The zero-order chi connectivity index (χ0) is 32.0. The number of nitrogens with one attached hydrogen (secondary N) is 1. The minimum absolute atomic E-state index is 0.0221. The molecule has 3 aliphatic rings. The Bertz CT molecular complexity index is 1600. The average molecular weight is 629 g/mol. The average Bonchev–Trinajstić information content (AvgIpc) is 3.39. The highest BCUT2D eigenvalue weighted by Crippen LogP contribution is 2.32. The first kappa shape index (κ1) is 31.6. The highest BCUT2D eigenvalue weighted by atomic mass is 16.5. The number of carbonyl (C=O) groups excluding carboxylic acids is 3. The molecule has 0 radical (unpaired) electrons. The molecule has 3 amide bonds. The van der Waals surface area contributed by atoms with Gasteiger partial charge in [-0.2, -0.15) is 0 Å². The van der Waals surface area contributed by atoms with Gasteiger partial charge in [0.25, 0.3) is 11.8 Å². The number of aromatic nitrogens is 2. The molecule has 6 rings (SSSR count). The van der Waals surface area contributed by atoms with Crippen molar-refractivity contribution in [3.05, 3.63) is 76.3 Å². The number of carbonyl (C=O) groups is 3. The lowest BCUT2D eigenvalue weighted by molar-refractivity contribution is -0.134. The van der Waals surface area contributed by atoms with Crippen molar-refractivity contribution in [2.45, 2.75) is 51.6 Å². The van der Waals surface area contributed by atoms with Gasteiger partial charge >= 0.3 is 5.69 Å². The molecule has 0 aliphatic carbocycles. The fourth-order valence-electron chi connectivity index (χ4n) is 6.90. The van der Waals surface area contributed by atoms with Crippen LogP contribution in [0.5, 0.6) is 5.75 Å². The fraction of sp³-hybridized carbons (Fsp3) is 0.486. The van der Waals surface area contributed by atoms with Crippen molar-refractivity contribution in [2.24, 2.45) is 0 Å². The van der Waals surface area contributed by atoms with Gasteiger partial charge in [-0.05, 0) is 49.8 Å². The molecule has 3 saturated heterocycles. The maximum atomic E-state index is 14.6. The predicted molar refractivity (Wildman–Crippen MR) is 175 cm³/mol. The minimum atomic E-state index is -0.278. The Morgan fingerprint density at radius 2 is 1.59 bits per heavy atom. The van der Waals surface area contributed by atoms with E-state index in [-0.39, 0.29) is 42.6 Å². The highest BCUT2D eigenvalue weighted by molar-refractivity contribution is 5.99. The number of hydrogen-bond acceptors (Lipinski definition) is 6. The molecule has 0 bridgehead atoms. The Balaban J connectivity index is 1.39. The second-order valence-electron chi connectivity index (χ2n) is 12.5. The summed E-state index contributed by atoms with van der Waals surface area (Å²) in [5.41, 5.74) is 2.23. The van der Waals surface area contributed by atoms with Crippen LogP contribution in [0, 0.1) is 0 Å². The van der Waals surface area contributed by atoms with Gasteiger partial charge < -0.3 is 24.8 Å². The van der Waals surface area contributed by atoms with Crippen LogP contribution in [-0.4, -0.2) is 101 Å². The number of piperidine rings is 2. The Morgan fingerprint density at radius 3 is 2.33 bits per heavy atom. The summed E-state index contributed by atoms with van der Waals surface area (Å²) >= 11 is 0. The molecule has 3 aliphatic heterocycles. The SMILES string of the molecule is CC(=O)N1CCCC(n2c(-c3ccccc3)c(C(=O)N3CCNCC3)n(Cc3cccc(OCC(=O)N4CCCCC4)c3)c2=O)C1. The maximum Gasteiger partial charge on any atom is 0.329 e. The number of ether oxygens (including phenoxy) is 1. The Hall–Kier alpha value is -4.38. The maximum absolute atomic E-state index is 14.6. The summed E-state index contributed by atoms with van der Waals surface area (Å²) in [6.07, 6.45) is 4.68. The Labute approximate surface area is 269 Å². The van der Waals surface area contributed by atoms with Crippen molar-refractivity contribution < 1.29 is 19.1 Å². The molecule has 244 valence electrons. The van der Waals surface area contributed by atoms with Gasteiger partial charge in [0.05, 0.1) is 18.3 Å². The second kappa shape index (κ2) is 14.4. The summed E-state index contributed by atoms with van der Waals surface area (Å²) in [4.78, 5) is 59.6. The van der Waals surface area contributed by atoms with E-state index in [4.69, 9.17) is 4.74 Å². The van der Waals surface area contributed by atoms with E-state index in [1.54, 1.807) is 21.0 Å². The smallest absolute Gasteiger partial charge is 0.329 e. The van der Waals surface area contributed by atoms with Crippen LogP contribution >= 0.6 is 0 Å². The molecule has 1 unspecified atom stereocenters. The topological polar surface area (TPSA) is 109 Å². The summed E-state index contributed by atoms with van der Waals surface area (Å²) < 4.78 is 9.28. The lowest BCUT2D eigenvalue weighted by Gasteiger charge is -2.33. The third kappa shape index (κ3) is 6.89. The van der Waals surface area contributed by atoms with Gasteiger partial charge in [-0.25, -0.2) is 4.79 Å². The van der Waals surface area contributed by atoms with Crippen molar-refractivity contribution >= 4 is 17.7 Å². The summed E-state index contributed by atoms with van der Waals surface area (Å²) in [6, 6.07) is 16.7. The third-order valence-electron chi connectivity index (χ3n) is 9.34. The van der Waals surface area contributed by atoms with E-state index in [2.05, 4.69) is 5.32 Å². The van der Waals surface area contributed by atoms with Crippen LogP contribution in [0.2, 0.25) is 0 Å². The van der Waals surface area contributed by atoms with Crippen LogP contribution in [0.4, 0.5) is 0 Å². The van der Waals surface area contributed by atoms with Crippen LogP contribution in [0.25, 0.3) is 11.3 Å². The number of rotatable bonds is 8. The molecule has 1 N–H and O–H groups in total. The first-order valence-electron chi connectivity index (χ1n) is 16.6. The standard InChI is InChI=1S/C35H44N6O5/c1-26(42)39-19-9-13-29(24-39)41-32(28-11-4-2-5-12-28)33(34(44)38-20-15-36-16-21-38)40(35(41)45)23-27-10-8-14-30(22-27)46-25-31(43)37-17-6-3-7-18-37/h2,4-5,8,10-12,14,22,29,36H,3,6-7,9,13,15-21,23-25H2,1H3. The van der Waals surface area contributed by atoms with Crippen molar-refractivity contribution in [2.75, 3.05) is 59.0 Å². The number of likely N-dealkylation sites (tertiary alicyclic amines) is 2. The van der Waals surface area contributed by atoms with Crippen LogP contribution in [-0.2, 0) is 16.1 Å². The zero-order valence-corrected chi connectivity index (χ0v) is 26.7. The van der Waals surface area contributed by atoms with E-state index in [1.807, 2.05) is 64.4 Å². The van der Waals surface area contributed by atoms with Crippen LogP contribution in [0.15, 0.2) is 59.4 Å².